The molecule has 0 N–H and O–H groups in total. The number of ether oxygens (including phenoxy) is 1. The van der Waals surface area contributed by atoms with E-state index in [4.69, 9.17) is 4.74 Å². The highest BCUT2D eigenvalue weighted by Crippen LogP contribution is 2.32. The molecule has 2 aromatic carbocycles. The van der Waals surface area contributed by atoms with Gasteiger partial charge in [-0.1, -0.05) is 36.4 Å². The van der Waals surface area contributed by atoms with E-state index in [9.17, 15) is 4.79 Å². The van der Waals surface area contributed by atoms with Crippen LogP contribution in [0.4, 0.5) is 10.5 Å². The minimum atomic E-state index is -0.208. The first-order valence-corrected chi connectivity index (χ1v) is 10.6. The third kappa shape index (κ3) is 3.53. The van der Waals surface area contributed by atoms with Crippen LogP contribution in [0, 0.1) is 5.92 Å². The van der Waals surface area contributed by atoms with E-state index in [-0.39, 0.29) is 12.2 Å². The molecule has 0 radical (unpaired) electrons. The van der Waals surface area contributed by atoms with Crippen LogP contribution in [0.2, 0.25) is 0 Å². The lowest BCUT2D eigenvalue weighted by Gasteiger charge is -2.44. The van der Waals surface area contributed by atoms with Crippen molar-refractivity contribution >= 4 is 11.8 Å². The molecule has 0 saturated carbocycles. The second kappa shape index (κ2) is 7.59. The van der Waals surface area contributed by atoms with Crippen molar-refractivity contribution in [2.45, 2.75) is 44.8 Å². The molecule has 1 atom stereocenters. The van der Waals surface area contributed by atoms with E-state index in [2.05, 4.69) is 35.2 Å². The molecule has 3 heterocycles. The summed E-state index contributed by atoms with van der Waals surface area (Å²) in [4.78, 5) is 17.5. The quantitative estimate of drug-likeness (QED) is 0.792. The van der Waals surface area contributed by atoms with Gasteiger partial charge in [0.05, 0.1) is 6.54 Å². The molecule has 1 aliphatic carbocycles. The zero-order chi connectivity index (χ0) is 18.9. The molecular formula is C24H28N2O2. The van der Waals surface area contributed by atoms with Crippen LogP contribution in [0.3, 0.4) is 0 Å². The van der Waals surface area contributed by atoms with Crippen LogP contribution in [0.15, 0.2) is 48.5 Å². The minimum absolute atomic E-state index is 0.0303. The second-order valence-corrected chi connectivity index (χ2v) is 8.44. The Morgan fingerprint density at radius 1 is 1.04 bits per heavy atom. The van der Waals surface area contributed by atoms with Gasteiger partial charge in [-0.05, 0) is 79.9 Å². The number of hydrogen-bond donors (Lipinski definition) is 0. The molecule has 3 saturated heterocycles. The maximum Gasteiger partial charge on any atom is 0.414 e. The van der Waals surface area contributed by atoms with Crippen molar-refractivity contribution in [1.29, 1.82) is 0 Å². The van der Waals surface area contributed by atoms with Gasteiger partial charge in [0.2, 0.25) is 0 Å². The van der Waals surface area contributed by atoms with Gasteiger partial charge in [0.1, 0.15) is 6.10 Å². The maximum absolute atomic E-state index is 13.3. The fourth-order valence-electron chi connectivity index (χ4n) is 4.99. The number of piperidine rings is 3. The van der Waals surface area contributed by atoms with E-state index < -0.39 is 0 Å². The molecule has 0 aromatic heterocycles. The molecule has 6 rings (SSSR count). The van der Waals surface area contributed by atoms with Crippen molar-refractivity contribution in [3.8, 4) is 0 Å². The van der Waals surface area contributed by atoms with Crippen LogP contribution in [-0.2, 0) is 24.1 Å². The van der Waals surface area contributed by atoms with Crippen molar-refractivity contribution in [2.75, 3.05) is 24.5 Å². The first-order chi connectivity index (χ1) is 13.8. The van der Waals surface area contributed by atoms with Gasteiger partial charge in [0.15, 0.2) is 0 Å². The van der Waals surface area contributed by atoms with Crippen molar-refractivity contribution in [1.82, 2.24) is 4.90 Å². The Kier molecular flexibility index (Phi) is 4.81. The number of anilines is 1. The Hall–Kier alpha value is -2.33. The maximum atomic E-state index is 13.3. The predicted molar refractivity (Wildman–Crippen MR) is 111 cm³/mol. The van der Waals surface area contributed by atoms with Gasteiger partial charge in [0.25, 0.3) is 0 Å². The summed E-state index contributed by atoms with van der Waals surface area (Å²) in [5, 5.41) is 0. The summed E-state index contributed by atoms with van der Waals surface area (Å²) in [6.45, 7) is 3.73. The van der Waals surface area contributed by atoms with Crippen molar-refractivity contribution in [3.05, 3.63) is 65.2 Å². The fourth-order valence-corrected chi connectivity index (χ4v) is 4.99. The molecule has 2 bridgehead atoms. The Morgan fingerprint density at radius 3 is 2.57 bits per heavy atom. The average Bonchev–Trinajstić information content (AvgIpc) is 3.21. The molecule has 1 amide bonds. The zero-order valence-electron chi connectivity index (χ0n) is 16.3. The number of hydrogen-bond acceptors (Lipinski definition) is 3. The summed E-state index contributed by atoms with van der Waals surface area (Å²) in [6.07, 6.45) is 5.59. The molecule has 28 heavy (non-hydrogen) atoms. The molecule has 146 valence electrons. The zero-order valence-corrected chi connectivity index (χ0v) is 16.3. The van der Waals surface area contributed by atoms with Gasteiger partial charge in [-0.2, -0.15) is 0 Å². The largest absolute Gasteiger partial charge is 0.444 e. The summed E-state index contributed by atoms with van der Waals surface area (Å²) in [5.41, 5.74) is 4.88. The van der Waals surface area contributed by atoms with Crippen molar-refractivity contribution in [3.63, 3.8) is 0 Å². The van der Waals surface area contributed by atoms with E-state index in [0.717, 1.165) is 56.6 Å². The fraction of sp³-hybridized carbons (Fsp3) is 0.458. The van der Waals surface area contributed by atoms with Crippen molar-refractivity contribution < 1.29 is 9.53 Å². The third-order valence-electron chi connectivity index (χ3n) is 6.65. The van der Waals surface area contributed by atoms with E-state index >= 15 is 0 Å². The first-order valence-electron chi connectivity index (χ1n) is 10.6. The van der Waals surface area contributed by atoms with E-state index in [1.165, 1.54) is 17.5 Å². The number of carbonyl (C=O) groups excluding carboxylic acids is 1. The summed E-state index contributed by atoms with van der Waals surface area (Å²) in [7, 11) is 0. The Morgan fingerprint density at radius 2 is 1.82 bits per heavy atom. The van der Waals surface area contributed by atoms with Gasteiger partial charge in [-0.25, -0.2) is 4.79 Å². The normalized spacial score (nSPS) is 25.4. The van der Waals surface area contributed by atoms with Gasteiger partial charge < -0.3 is 4.74 Å². The van der Waals surface area contributed by atoms with Gasteiger partial charge in [0, 0.05) is 12.2 Å². The van der Waals surface area contributed by atoms with E-state index in [1.807, 2.05) is 23.1 Å². The van der Waals surface area contributed by atoms with Crippen LogP contribution in [0.5, 0.6) is 0 Å². The number of aryl methyl sites for hydroxylation is 2. The van der Waals surface area contributed by atoms with Crippen LogP contribution in [0.25, 0.3) is 0 Å². The molecule has 0 spiro atoms. The molecule has 4 aliphatic rings. The molecule has 4 nitrogen and oxygen atoms in total. The lowest BCUT2D eigenvalue weighted by atomic mass is 9.86. The second-order valence-electron chi connectivity index (χ2n) is 8.44. The Bertz CT molecular complexity index is 843. The summed E-state index contributed by atoms with van der Waals surface area (Å²) < 4.78 is 6.08. The predicted octanol–water partition coefficient (Wildman–Crippen LogP) is 4.41. The first kappa shape index (κ1) is 17.7. The lowest BCUT2D eigenvalue weighted by Crippen LogP contribution is -2.53. The summed E-state index contributed by atoms with van der Waals surface area (Å²) in [5.74, 6) is 0.521. The van der Waals surface area contributed by atoms with Crippen LogP contribution in [0.1, 0.15) is 36.0 Å². The molecule has 4 heteroatoms. The lowest BCUT2D eigenvalue weighted by molar-refractivity contribution is -0.0311. The highest BCUT2D eigenvalue weighted by Gasteiger charge is 2.37. The van der Waals surface area contributed by atoms with Crippen LogP contribution >= 0.6 is 0 Å². The molecule has 3 aliphatic heterocycles. The summed E-state index contributed by atoms with van der Waals surface area (Å²) in [6, 6.07) is 16.7. The van der Waals surface area contributed by atoms with E-state index in [1.54, 1.807) is 0 Å². The van der Waals surface area contributed by atoms with Gasteiger partial charge in [-0.15, -0.1) is 0 Å². The highest BCUT2D eigenvalue weighted by atomic mass is 16.6. The minimum Gasteiger partial charge on any atom is -0.444 e. The SMILES string of the molecule is O=C(O[C@H]1CN2CCC1CC2)N(Cc1ccccc1)c1ccc2c(c1)CCC2. The number of nitrogens with zero attached hydrogens (tertiary/aromatic N) is 2. The molecule has 2 aromatic rings. The van der Waals surface area contributed by atoms with Crippen LogP contribution < -0.4 is 4.90 Å². The Balaban J connectivity index is 1.39. The number of carbonyl (C=O) groups is 1. The monoisotopic (exact) mass is 376 g/mol. The van der Waals surface area contributed by atoms with Crippen molar-refractivity contribution in [2.24, 2.45) is 5.92 Å². The van der Waals surface area contributed by atoms with Crippen LogP contribution in [-0.4, -0.2) is 36.7 Å². The average molecular weight is 377 g/mol. The smallest absolute Gasteiger partial charge is 0.414 e. The van der Waals surface area contributed by atoms with Gasteiger partial charge >= 0.3 is 6.09 Å². The third-order valence-corrected chi connectivity index (χ3v) is 6.65. The molecule has 3 fully saturated rings. The number of benzene rings is 2. The number of rotatable bonds is 4. The Labute approximate surface area is 167 Å². The molecule has 0 unspecified atom stereocenters. The summed E-state index contributed by atoms with van der Waals surface area (Å²) >= 11 is 0. The number of amides is 1. The standard InChI is InChI=1S/C24H28N2O2/c27-24(28-23-17-25-13-11-20(23)12-14-25)26(16-18-5-2-1-3-6-18)22-10-9-19-7-4-8-21(19)15-22/h1-3,5-6,9-10,15,20,23H,4,7-8,11-14,16-17H2/t23-/m0/s1. The number of fused-ring (bicyclic) bond motifs is 4. The topological polar surface area (TPSA) is 32.8 Å². The highest BCUT2D eigenvalue weighted by molar-refractivity contribution is 5.88. The van der Waals surface area contributed by atoms with Gasteiger partial charge in [-0.3, -0.25) is 9.80 Å². The molecular weight excluding hydrogens is 348 g/mol. The van der Waals surface area contributed by atoms with E-state index in [0.29, 0.717) is 12.5 Å².